The van der Waals surface area contributed by atoms with Gasteiger partial charge in [0.2, 0.25) is 17.7 Å². The molecule has 44 heavy (non-hydrogen) atoms. The van der Waals surface area contributed by atoms with E-state index in [1.165, 1.54) is 18.2 Å². The van der Waals surface area contributed by atoms with Crippen LogP contribution in [0.4, 0.5) is 0 Å². The van der Waals surface area contributed by atoms with Crippen LogP contribution in [-0.4, -0.2) is 103 Å². The standard InChI is InChI=1S/C30H42N4O10/c1-18(2)41-14-23(36)31-12-13-43-30(5,6)17-44-29(3,4)16-32-24(37)15-42-21-9-7-8-19-25(21)28(40)34(27(19)39)20-10-11-22(35)33-26(20)38/h7-9,18,20H,10-17H2,1-6H3,(H,31,36)(H,32,37)(H,33,35,38). The molecule has 6 amide bonds. The van der Waals surface area contributed by atoms with Crippen molar-refractivity contribution in [2.24, 2.45) is 0 Å². The van der Waals surface area contributed by atoms with Crippen molar-refractivity contribution < 1.29 is 47.7 Å². The first-order chi connectivity index (χ1) is 20.6. The Hall–Kier alpha value is -3.88. The first-order valence-corrected chi connectivity index (χ1v) is 14.5. The van der Waals surface area contributed by atoms with Crippen LogP contribution in [0.5, 0.6) is 5.75 Å². The number of carbonyl (C=O) groups excluding carboxylic acids is 6. The summed E-state index contributed by atoms with van der Waals surface area (Å²) in [5, 5.41) is 7.61. The Kier molecular flexibility index (Phi) is 11.6. The molecule has 3 rings (SSSR count). The smallest absolute Gasteiger partial charge is 0.266 e. The van der Waals surface area contributed by atoms with Gasteiger partial charge in [-0.15, -0.1) is 0 Å². The molecule has 1 fully saturated rings. The molecular formula is C30H42N4O10. The van der Waals surface area contributed by atoms with Crippen molar-refractivity contribution >= 4 is 35.4 Å². The average Bonchev–Trinajstić information content (AvgIpc) is 3.21. The lowest BCUT2D eigenvalue weighted by molar-refractivity contribution is -0.136. The van der Waals surface area contributed by atoms with E-state index < -0.39 is 53.4 Å². The van der Waals surface area contributed by atoms with Gasteiger partial charge in [0.25, 0.3) is 17.7 Å². The molecule has 0 bridgehead atoms. The number of rotatable bonds is 16. The van der Waals surface area contributed by atoms with E-state index in [2.05, 4.69) is 16.0 Å². The van der Waals surface area contributed by atoms with Crippen molar-refractivity contribution in [3.05, 3.63) is 29.3 Å². The molecule has 2 heterocycles. The van der Waals surface area contributed by atoms with E-state index in [1.54, 1.807) is 13.8 Å². The molecule has 14 heteroatoms. The summed E-state index contributed by atoms with van der Waals surface area (Å²) in [7, 11) is 0. The van der Waals surface area contributed by atoms with Crippen LogP contribution < -0.4 is 20.7 Å². The zero-order valence-corrected chi connectivity index (χ0v) is 26.1. The maximum Gasteiger partial charge on any atom is 0.266 e. The highest BCUT2D eigenvalue weighted by molar-refractivity contribution is 6.24. The van der Waals surface area contributed by atoms with Crippen molar-refractivity contribution in [3.8, 4) is 5.75 Å². The Balaban J connectivity index is 1.44. The number of fused-ring (bicyclic) bond motifs is 1. The molecule has 1 unspecified atom stereocenters. The van der Waals surface area contributed by atoms with Crippen molar-refractivity contribution in [1.29, 1.82) is 0 Å². The number of nitrogens with one attached hydrogen (secondary N) is 3. The van der Waals surface area contributed by atoms with Gasteiger partial charge in [0.05, 0.1) is 41.6 Å². The number of imide groups is 2. The Morgan fingerprint density at radius 3 is 2.36 bits per heavy atom. The third kappa shape index (κ3) is 9.56. The number of carbonyl (C=O) groups is 6. The zero-order chi connectivity index (χ0) is 32.7. The van der Waals surface area contributed by atoms with Gasteiger partial charge >= 0.3 is 0 Å². The Labute approximate surface area is 256 Å². The normalized spacial score (nSPS) is 17.1. The second-order valence-corrected chi connectivity index (χ2v) is 12.1. The zero-order valence-electron chi connectivity index (χ0n) is 26.1. The van der Waals surface area contributed by atoms with E-state index in [-0.39, 0.29) is 68.1 Å². The second kappa shape index (κ2) is 14.7. The minimum atomic E-state index is -1.11. The molecule has 3 N–H and O–H groups in total. The topological polar surface area (TPSA) is 179 Å². The maximum atomic E-state index is 13.2. The monoisotopic (exact) mass is 618 g/mol. The molecule has 0 aromatic heterocycles. The largest absolute Gasteiger partial charge is 0.483 e. The summed E-state index contributed by atoms with van der Waals surface area (Å²) < 4.78 is 22.7. The molecule has 242 valence electrons. The molecule has 2 aliphatic heterocycles. The highest BCUT2D eigenvalue weighted by Crippen LogP contribution is 2.33. The number of nitrogens with zero attached hydrogens (tertiary/aromatic N) is 1. The second-order valence-electron chi connectivity index (χ2n) is 12.1. The van der Waals surface area contributed by atoms with Gasteiger partial charge in [0, 0.05) is 19.5 Å². The van der Waals surface area contributed by atoms with Crippen LogP contribution in [0.1, 0.15) is 75.1 Å². The predicted molar refractivity (Wildman–Crippen MR) is 156 cm³/mol. The quantitative estimate of drug-likeness (QED) is 0.177. The summed E-state index contributed by atoms with van der Waals surface area (Å²) in [4.78, 5) is 75.2. The molecule has 1 atom stereocenters. The molecule has 1 aromatic rings. The number of benzene rings is 1. The first kappa shape index (κ1) is 34.6. The minimum absolute atomic E-state index is 0.00638. The van der Waals surface area contributed by atoms with Crippen LogP contribution in [0.2, 0.25) is 0 Å². The van der Waals surface area contributed by atoms with Crippen molar-refractivity contribution in [2.75, 3.05) is 39.5 Å². The molecule has 0 radical (unpaired) electrons. The fourth-order valence-electron chi connectivity index (χ4n) is 4.38. The summed E-state index contributed by atoms with van der Waals surface area (Å²) in [6, 6.07) is 3.31. The molecule has 14 nitrogen and oxygen atoms in total. The number of hydrogen-bond acceptors (Lipinski definition) is 10. The van der Waals surface area contributed by atoms with Gasteiger partial charge in [-0.1, -0.05) is 6.07 Å². The first-order valence-electron chi connectivity index (χ1n) is 14.5. The van der Waals surface area contributed by atoms with E-state index in [0.29, 0.717) is 6.54 Å². The van der Waals surface area contributed by atoms with Gasteiger partial charge in [-0.2, -0.15) is 0 Å². The van der Waals surface area contributed by atoms with Crippen LogP contribution in [0, 0.1) is 0 Å². The molecule has 2 aliphatic rings. The molecule has 0 spiro atoms. The van der Waals surface area contributed by atoms with E-state index in [4.69, 9.17) is 18.9 Å². The predicted octanol–water partition coefficient (Wildman–Crippen LogP) is 0.714. The summed E-state index contributed by atoms with van der Waals surface area (Å²) in [5.74, 6) is -3.24. The van der Waals surface area contributed by atoms with E-state index in [9.17, 15) is 28.8 Å². The van der Waals surface area contributed by atoms with Crippen molar-refractivity contribution in [2.45, 2.75) is 77.7 Å². The van der Waals surface area contributed by atoms with Gasteiger partial charge in [-0.25, -0.2) is 0 Å². The molecule has 0 aliphatic carbocycles. The minimum Gasteiger partial charge on any atom is -0.483 e. The third-order valence-corrected chi connectivity index (χ3v) is 6.78. The van der Waals surface area contributed by atoms with Gasteiger partial charge < -0.3 is 29.6 Å². The van der Waals surface area contributed by atoms with Crippen LogP contribution >= 0.6 is 0 Å². The Bertz CT molecular complexity index is 1280. The van der Waals surface area contributed by atoms with Crippen molar-refractivity contribution in [1.82, 2.24) is 20.9 Å². The number of hydrogen-bond donors (Lipinski definition) is 3. The van der Waals surface area contributed by atoms with Gasteiger partial charge in [0.15, 0.2) is 6.61 Å². The number of ether oxygens (including phenoxy) is 4. The summed E-state index contributed by atoms with van der Waals surface area (Å²) in [5.41, 5.74) is -1.41. The lowest BCUT2D eigenvalue weighted by Crippen LogP contribution is -2.54. The Morgan fingerprint density at radius 2 is 1.68 bits per heavy atom. The summed E-state index contributed by atoms with van der Waals surface area (Å²) >= 11 is 0. The SMILES string of the molecule is CC(C)OCC(=O)NCCOC(C)(C)COC(C)(C)CNC(=O)COc1cccc2c1C(=O)N(C1CCC(=O)NC1=O)C2=O. The highest BCUT2D eigenvalue weighted by atomic mass is 16.6. The van der Waals surface area contributed by atoms with Gasteiger partial charge in [-0.3, -0.25) is 39.0 Å². The third-order valence-electron chi connectivity index (χ3n) is 6.78. The van der Waals surface area contributed by atoms with Gasteiger partial charge in [0.1, 0.15) is 18.4 Å². The number of piperidine rings is 1. The van der Waals surface area contributed by atoms with Crippen LogP contribution in [0.25, 0.3) is 0 Å². The Morgan fingerprint density at radius 1 is 0.977 bits per heavy atom. The van der Waals surface area contributed by atoms with Gasteiger partial charge in [-0.05, 0) is 60.1 Å². The fraction of sp³-hybridized carbons (Fsp3) is 0.600. The lowest BCUT2D eigenvalue weighted by atomic mass is 10.0. The lowest BCUT2D eigenvalue weighted by Gasteiger charge is -2.32. The molecular weight excluding hydrogens is 576 g/mol. The van der Waals surface area contributed by atoms with E-state index in [0.717, 1.165) is 4.90 Å². The summed E-state index contributed by atoms with van der Waals surface area (Å²) in [6.45, 7) is 11.5. The van der Waals surface area contributed by atoms with Crippen LogP contribution in [-0.2, 0) is 33.4 Å². The summed E-state index contributed by atoms with van der Waals surface area (Å²) in [6.07, 6.45) is 0.00504. The molecule has 1 saturated heterocycles. The average molecular weight is 619 g/mol. The number of amides is 6. The highest BCUT2D eigenvalue weighted by Gasteiger charge is 2.46. The molecule has 1 aromatic carbocycles. The van der Waals surface area contributed by atoms with Crippen LogP contribution in [0.15, 0.2) is 18.2 Å². The fourth-order valence-corrected chi connectivity index (χ4v) is 4.38. The maximum absolute atomic E-state index is 13.2. The van der Waals surface area contributed by atoms with Crippen LogP contribution in [0.3, 0.4) is 0 Å². The van der Waals surface area contributed by atoms with E-state index in [1.807, 2.05) is 27.7 Å². The van der Waals surface area contributed by atoms with E-state index >= 15 is 0 Å². The van der Waals surface area contributed by atoms with Crippen molar-refractivity contribution in [3.63, 3.8) is 0 Å². The molecule has 0 saturated carbocycles.